The van der Waals surface area contributed by atoms with Gasteiger partial charge >= 0.3 is 0 Å². The maximum absolute atomic E-state index is 14.3. The second-order valence-electron chi connectivity index (χ2n) is 6.14. The minimum Gasteiger partial charge on any atom is -0.380 e. The van der Waals surface area contributed by atoms with Gasteiger partial charge in [-0.2, -0.15) is 4.99 Å². The zero-order valence-corrected chi connectivity index (χ0v) is 16.0. The lowest BCUT2D eigenvalue weighted by Gasteiger charge is -2.06. The zero-order valence-electron chi connectivity index (χ0n) is 15.2. The van der Waals surface area contributed by atoms with E-state index in [-0.39, 0.29) is 17.8 Å². The van der Waals surface area contributed by atoms with E-state index in [2.05, 4.69) is 4.99 Å². The number of benzene rings is 2. The molecule has 142 valence electrons. The van der Waals surface area contributed by atoms with Crippen molar-refractivity contribution in [3.8, 4) is 0 Å². The first-order chi connectivity index (χ1) is 13.0. The predicted octanol–water partition coefficient (Wildman–Crippen LogP) is 4.00. The Morgan fingerprint density at radius 1 is 1.22 bits per heavy atom. The Balaban J connectivity index is 1.99. The standard InChI is InChI=1S/C20H20F2N2O2S/c1-3-26-9-8-24-19-16(22)11-15(21)12-17(19)27-20(24)23-18(25)10-14-6-4-13(2)5-7-14/h4-7,11-12H,3,8-10H2,1-2H3. The molecule has 0 bridgehead atoms. The number of hydrogen-bond donors (Lipinski definition) is 0. The predicted molar refractivity (Wildman–Crippen MR) is 102 cm³/mol. The number of fused-ring (bicyclic) bond motifs is 1. The Kier molecular flexibility index (Phi) is 6.13. The van der Waals surface area contributed by atoms with Gasteiger partial charge in [-0.1, -0.05) is 41.2 Å². The van der Waals surface area contributed by atoms with Crippen molar-refractivity contribution in [2.75, 3.05) is 13.2 Å². The molecule has 0 aliphatic carbocycles. The molecule has 0 saturated carbocycles. The third-order valence-electron chi connectivity index (χ3n) is 4.05. The Morgan fingerprint density at radius 3 is 2.67 bits per heavy atom. The summed E-state index contributed by atoms with van der Waals surface area (Å²) in [5.74, 6) is -1.67. The van der Waals surface area contributed by atoms with Gasteiger partial charge in [0.05, 0.1) is 23.2 Å². The fraction of sp³-hybridized carbons (Fsp3) is 0.300. The van der Waals surface area contributed by atoms with Gasteiger partial charge in [-0.05, 0) is 25.5 Å². The molecule has 1 amide bonds. The van der Waals surface area contributed by atoms with Crippen LogP contribution in [-0.2, 0) is 22.5 Å². The van der Waals surface area contributed by atoms with E-state index in [0.29, 0.717) is 29.3 Å². The average molecular weight is 390 g/mol. The smallest absolute Gasteiger partial charge is 0.252 e. The molecule has 0 radical (unpaired) electrons. The largest absolute Gasteiger partial charge is 0.380 e. The Bertz CT molecular complexity index is 1020. The van der Waals surface area contributed by atoms with Gasteiger partial charge in [0.2, 0.25) is 0 Å². The van der Waals surface area contributed by atoms with Crippen molar-refractivity contribution in [2.24, 2.45) is 4.99 Å². The monoisotopic (exact) mass is 390 g/mol. The molecular formula is C20H20F2N2O2S. The summed E-state index contributed by atoms with van der Waals surface area (Å²) in [4.78, 5) is 16.9. The van der Waals surface area contributed by atoms with Crippen LogP contribution in [-0.4, -0.2) is 23.7 Å². The number of ether oxygens (including phenoxy) is 1. The van der Waals surface area contributed by atoms with E-state index in [9.17, 15) is 13.6 Å². The number of carbonyl (C=O) groups excluding carboxylic acids is 1. The Labute approximate surface area is 159 Å². The molecule has 0 unspecified atom stereocenters. The molecule has 3 aromatic rings. The number of rotatable bonds is 6. The molecular weight excluding hydrogens is 370 g/mol. The molecule has 0 fully saturated rings. The van der Waals surface area contributed by atoms with Crippen LogP contribution in [0.5, 0.6) is 0 Å². The molecule has 1 aromatic heterocycles. The van der Waals surface area contributed by atoms with Crippen molar-refractivity contribution >= 4 is 27.5 Å². The first kappa shape index (κ1) is 19.4. The van der Waals surface area contributed by atoms with Crippen molar-refractivity contribution < 1.29 is 18.3 Å². The maximum atomic E-state index is 14.3. The molecule has 3 rings (SSSR count). The third kappa shape index (κ3) is 4.67. The fourth-order valence-corrected chi connectivity index (χ4v) is 3.86. The van der Waals surface area contributed by atoms with Crippen molar-refractivity contribution in [2.45, 2.75) is 26.8 Å². The highest BCUT2D eigenvalue weighted by Crippen LogP contribution is 2.22. The molecule has 2 aromatic carbocycles. The van der Waals surface area contributed by atoms with Crippen LogP contribution in [0.4, 0.5) is 8.78 Å². The second-order valence-corrected chi connectivity index (χ2v) is 7.14. The summed E-state index contributed by atoms with van der Waals surface area (Å²) in [7, 11) is 0. The maximum Gasteiger partial charge on any atom is 0.252 e. The van der Waals surface area contributed by atoms with Gasteiger partial charge in [0.1, 0.15) is 5.82 Å². The summed E-state index contributed by atoms with van der Waals surface area (Å²) in [6.45, 7) is 5.04. The van der Waals surface area contributed by atoms with E-state index in [1.165, 1.54) is 6.07 Å². The van der Waals surface area contributed by atoms with Gasteiger partial charge in [-0.25, -0.2) is 8.78 Å². The van der Waals surface area contributed by atoms with E-state index in [4.69, 9.17) is 4.74 Å². The quantitative estimate of drug-likeness (QED) is 0.597. The van der Waals surface area contributed by atoms with Gasteiger partial charge in [0.15, 0.2) is 10.6 Å². The third-order valence-corrected chi connectivity index (χ3v) is 5.08. The first-order valence-corrected chi connectivity index (χ1v) is 9.49. The molecule has 0 spiro atoms. The zero-order chi connectivity index (χ0) is 19.4. The average Bonchev–Trinajstić information content (AvgIpc) is 2.94. The van der Waals surface area contributed by atoms with Gasteiger partial charge < -0.3 is 9.30 Å². The van der Waals surface area contributed by atoms with Crippen molar-refractivity contribution in [1.29, 1.82) is 0 Å². The number of thiazole rings is 1. The van der Waals surface area contributed by atoms with Crippen molar-refractivity contribution in [3.63, 3.8) is 0 Å². The van der Waals surface area contributed by atoms with E-state index >= 15 is 0 Å². The van der Waals surface area contributed by atoms with Crippen LogP contribution in [0.25, 0.3) is 10.2 Å². The van der Waals surface area contributed by atoms with E-state index in [1.807, 2.05) is 38.1 Å². The number of aromatic nitrogens is 1. The number of hydrogen-bond acceptors (Lipinski definition) is 3. The lowest BCUT2D eigenvalue weighted by molar-refractivity contribution is -0.117. The summed E-state index contributed by atoms with van der Waals surface area (Å²) in [5.41, 5.74) is 2.20. The molecule has 0 atom stereocenters. The molecule has 0 aliphatic heterocycles. The lowest BCUT2D eigenvalue weighted by atomic mass is 10.1. The van der Waals surface area contributed by atoms with E-state index in [0.717, 1.165) is 28.5 Å². The van der Waals surface area contributed by atoms with Gasteiger partial charge in [-0.3, -0.25) is 4.79 Å². The highest BCUT2D eigenvalue weighted by molar-refractivity contribution is 7.16. The summed E-state index contributed by atoms with van der Waals surface area (Å²) in [5, 5.41) is 0. The van der Waals surface area contributed by atoms with Crippen LogP contribution in [0.15, 0.2) is 41.4 Å². The topological polar surface area (TPSA) is 43.6 Å². The molecule has 0 N–H and O–H groups in total. The number of carbonyl (C=O) groups is 1. The van der Waals surface area contributed by atoms with Crippen LogP contribution in [0.2, 0.25) is 0 Å². The molecule has 0 aliphatic rings. The number of nitrogens with zero attached hydrogens (tertiary/aromatic N) is 2. The minimum atomic E-state index is -0.676. The summed E-state index contributed by atoms with van der Waals surface area (Å²) >= 11 is 1.09. The molecule has 7 heteroatoms. The van der Waals surface area contributed by atoms with Crippen LogP contribution in [0, 0.1) is 18.6 Å². The SMILES string of the molecule is CCOCCn1c(=NC(=O)Cc2ccc(C)cc2)sc2cc(F)cc(F)c21. The lowest BCUT2D eigenvalue weighted by Crippen LogP contribution is -2.20. The van der Waals surface area contributed by atoms with Gasteiger partial charge in [0, 0.05) is 19.2 Å². The minimum absolute atomic E-state index is 0.150. The van der Waals surface area contributed by atoms with Gasteiger partial charge in [0.25, 0.3) is 5.91 Å². The van der Waals surface area contributed by atoms with Crippen LogP contribution >= 0.6 is 11.3 Å². The molecule has 1 heterocycles. The fourth-order valence-electron chi connectivity index (χ4n) is 2.75. The first-order valence-electron chi connectivity index (χ1n) is 8.67. The summed E-state index contributed by atoms with van der Waals surface area (Å²) in [6, 6.07) is 9.72. The summed E-state index contributed by atoms with van der Waals surface area (Å²) in [6.07, 6.45) is 0.150. The van der Waals surface area contributed by atoms with Crippen molar-refractivity contribution in [3.05, 3.63) is 64.0 Å². The highest BCUT2D eigenvalue weighted by Gasteiger charge is 2.14. The molecule has 0 saturated heterocycles. The number of halogens is 2. The molecule has 4 nitrogen and oxygen atoms in total. The van der Waals surface area contributed by atoms with Crippen molar-refractivity contribution in [1.82, 2.24) is 4.57 Å². The van der Waals surface area contributed by atoms with E-state index in [1.54, 1.807) is 4.57 Å². The normalized spacial score (nSPS) is 12.1. The molecule has 27 heavy (non-hydrogen) atoms. The Morgan fingerprint density at radius 2 is 1.96 bits per heavy atom. The van der Waals surface area contributed by atoms with Crippen LogP contribution < -0.4 is 4.80 Å². The summed E-state index contributed by atoms with van der Waals surface area (Å²) < 4.78 is 35.2. The van der Waals surface area contributed by atoms with Gasteiger partial charge in [-0.15, -0.1) is 0 Å². The Hall–Kier alpha value is -2.38. The van der Waals surface area contributed by atoms with Crippen LogP contribution in [0.1, 0.15) is 18.1 Å². The van der Waals surface area contributed by atoms with Crippen LogP contribution in [0.3, 0.4) is 0 Å². The number of amides is 1. The highest BCUT2D eigenvalue weighted by atomic mass is 32.1. The number of aryl methyl sites for hydroxylation is 1. The van der Waals surface area contributed by atoms with E-state index < -0.39 is 11.6 Å². The second kappa shape index (κ2) is 8.54.